The van der Waals surface area contributed by atoms with Gasteiger partial charge in [0.2, 0.25) is 0 Å². The quantitative estimate of drug-likeness (QED) is 0.738. The third-order valence-electron chi connectivity index (χ3n) is 6.19. The van der Waals surface area contributed by atoms with Crippen LogP contribution in [0.5, 0.6) is 5.75 Å². The van der Waals surface area contributed by atoms with Gasteiger partial charge in [0.05, 0.1) is 42.7 Å². The summed E-state index contributed by atoms with van der Waals surface area (Å²) in [6, 6.07) is 6.17. The average molecular weight is 401 g/mol. The number of hydrogen-bond acceptors (Lipinski definition) is 7. The molecule has 0 radical (unpaired) electrons. The van der Waals surface area contributed by atoms with E-state index in [-0.39, 0.29) is 17.6 Å². The Morgan fingerprint density at radius 2 is 2.14 bits per heavy atom. The summed E-state index contributed by atoms with van der Waals surface area (Å²) in [5, 5.41) is 0. The molecule has 3 aliphatic rings. The molecule has 2 aromatic rings. The molecule has 0 bridgehead atoms. The number of hydrogen-bond donors (Lipinski definition) is 0. The second kappa shape index (κ2) is 7.13. The molecule has 2 aromatic heterocycles. The minimum atomic E-state index is -0.228. The van der Waals surface area contributed by atoms with Gasteiger partial charge >= 0.3 is 5.97 Å². The third kappa shape index (κ3) is 3.02. The molecule has 1 unspecified atom stereocenters. The molecule has 2 fully saturated rings. The van der Waals surface area contributed by atoms with Gasteiger partial charge < -0.3 is 14.2 Å². The van der Waals surface area contributed by atoms with Crippen molar-refractivity contribution in [3.05, 3.63) is 34.8 Å². The number of pyridine rings is 1. The molecule has 6 nitrogen and oxygen atoms in total. The van der Waals surface area contributed by atoms with E-state index in [0.717, 1.165) is 56.8 Å². The Morgan fingerprint density at radius 1 is 1.29 bits per heavy atom. The lowest BCUT2D eigenvalue weighted by Crippen LogP contribution is -2.50. The summed E-state index contributed by atoms with van der Waals surface area (Å²) in [7, 11) is 1.65. The average Bonchev–Trinajstić information content (AvgIpc) is 3.36. The second-order valence-electron chi connectivity index (χ2n) is 7.63. The summed E-state index contributed by atoms with van der Waals surface area (Å²) in [6.07, 6.45) is 5.35. The fourth-order valence-electron chi connectivity index (χ4n) is 4.62. The van der Waals surface area contributed by atoms with Crippen LogP contribution >= 0.6 is 11.3 Å². The lowest BCUT2D eigenvalue weighted by Gasteiger charge is -2.44. The van der Waals surface area contributed by atoms with Gasteiger partial charge in [0.1, 0.15) is 11.8 Å². The summed E-state index contributed by atoms with van der Waals surface area (Å²) >= 11 is 1.82. The molecule has 0 aliphatic carbocycles. The van der Waals surface area contributed by atoms with Crippen molar-refractivity contribution < 1.29 is 19.0 Å². The van der Waals surface area contributed by atoms with Crippen molar-refractivity contribution >= 4 is 17.3 Å². The summed E-state index contributed by atoms with van der Waals surface area (Å²) in [6.45, 7) is 3.04. The summed E-state index contributed by atoms with van der Waals surface area (Å²) in [5.41, 5.74) is 2.07. The number of likely N-dealkylation sites (tertiary alicyclic amines) is 1. The van der Waals surface area contributed by atoms with Crippen molar-refractivity contribution in [2.45, 2.75) is 37.3 Å². The smallest absolute Gasteiger partial charge is 0.323 e. The number of carbonyl (C=O) groups is 1. The Morgan fingerprint density at radius 3 is 2.82 bits per heavy atom. The van der Waals surface area contributed by atoms with Gasteiger partial charge in [0, 0.05) is 30.8 Å². The van der Waals surface area contributed by atoms with Crippen LogP contribution in [0.4, 0.5) is 0 Å². The number of ether oxygens (including phenoxy) is 3. The number of aromatic nitrogens is 1. The number of cyclic esters (lactones) is 1. The van der Waals surface area contributed by atoms with E-state index >= 15 is 0 Å². The molecule has 5 heterocycles. The summed E-state index contributed by atoms with van der Waals surface area (Å²) in [5.74, 6) is 0.701. The SMILES string of the molecule is COc1ccc(-c2cc3c(s2)CCOC32CCN(C3CCOC3=O)CC2)nc1. The second-order valence-corrected chi connectivity index (χ2v) is 8.77. The maximum atomic E-state index is 11.9. The number of carbonyl (C=O) groups excluding carboxylic acids is 1. The molecule has 28 heavy (non-hydrogen) atoms. The highest BCUT2D eigenvalue weighted by molar-refractivity contribution is 7.15. The van der Waals surface area contributed by atoms with Crippen molar-refractivity contribution in [2.75, 3.05) is 33.4 Å². The van der Waals surface area contributed by atoms with Crippen LogP contribution in [-0.4, -0.2) is 55.3 Å². The molecular formula is C21H24N2O4S. The zero-order chi connectivity index (χ0) is 19.1. The van der Waals surface area contributed by atoms with Gasteiger partial charge in [0.25, 0.3) is 0 Å². The Balaban J connectivity index is 1.38. The molecule has 0 aromatic carbocycles. The zero-order valence-corrected chi connectivity index (χ0v) is 16.8. The van der Waals surface area contributed by atoms with Gasteiger partial charge in [-0.05, 0) is 36.6 Å². The van der Waals surface area contributed by atoms with Gasteiger partial charge in [-0.15, -0.1) is 11.3 Å². The number of piperidine rings is 1. The highest BCUT2D eigenvalue weighted by Crippen LogP contribution is 2.46. The number of thiophene rings is 1. The van der Waals surface area contributed by atoms with E-state index in [1.807, 2.05) is 23.5 Å². The van der Waals surface area contributed by atoms with Gasteiger partial charge in [0.15, 0.2) is 0 Å². The first kappa shape index (κ1) is 18.1. The summed E-state index contributed by atoms with van der Waals surface area (Å²) in [4.78, 5) is 21.4. The Labute approximate surface area is 168 Å². The molecule has 148 valence electrons. The highest BCUT2D eigenvalue weighted by atomic mass is 32.1. The molecule has 1 atom stereocenters. The third-order valence-corrected chi connectivity index (χ3v) is 7.40. The fourth-order valence-corrected chi connectivity index (χ4v) is 5.83. The number of fused-ring (bicyclic) bond motifs is 2. The van der Waals surface area contributed by atoms with E-state index in [1.54, 1.807) is 13.3 Å². The first-order valence-corrected chi connectivity index (χ1v) is 10.7. The van der Waals surface area contributed by atoms with Gasteiger partial charge in [-0.25, -0.2) is 0 Å². The molecule has 0 amide bonds. The molecule has 5 rings (SSSR count). The van der Waals surface area contributed by atoms with Crippen LogP contribution in [-0.2, 0) is 26.3 Å². The van der Waals surface area contributed by atoms with Crippen molar-refractivity contribution in [3.63, 3.8) is 0 Å². The number of esters is 1. The number of methoxy groups -OCH3 is 1. The summed E-state index contributed by atoms with van der Waals surface area (Å²) < 4.78 is 16.8. The van der Waals surface area contributed by atoms with Crippen LogP contribution in [0.3, 0.4) is 0 Å². The van der Waals surface area contributed by atoms with Gasteiger partial charge in [-0.3, -0.25) is 14.7 Å². The highest BCUT2D eigenvalue weighted by Gasteiger charge is 2.44. The predicted octanol–water partition coefficient (Wildman–Crippen LogP) is 3.00. The van der Waals surface area contributed by atoms with E-state index in [2.05, 4.69) is 16.0 Å². The molecular weight excluding hydrogens is 376 g/mol. The van der Waals surface area contributed by atoms with Crippen LogP contribution < -0.4 is 4.74 Å². The first-order chi connectivity index (χ1) is 13.7. The maximum Gasteiger partial charge on any atom is 0.323 e. The van der Waals surface area contributed by atoms with Crippen LogP contribution in [0.2, 0.25) is 0 Å². The molecule has 2 saturated heterocycles. The molecule has 3 aliphatic heterocycles. The van der Waals surface area contributed by atoms with Crippen LogP contribution in [0.25, 0.3) is 10.6 Å². The topological polar surface area (TPSA) is 60.9 Å². The predicted molar refractivity (Wildman–Crippen MR) is 106 cm³/mol. The minimum Gasteiger partial charge on any atom is -0.495 e. The minimum absolute atomic E-state index is 0.0652. The van der Waals surface area contributed by atoms with Crippen molar-refractivity contribution in [1.29, 1.82) is 0 Å². The van der Waals surface area contributed by atoms with Crippen molar-refractivity contribution in [2.24, 2.45) is 0 Å². The van der Waals surface area contributed by atoms with Crippen LogP contribution in [0.15, 0.2) is 24.4 Å². The monoisotopic (exact) mass is 400 g/mol. The van der Waals surface area contributed by atoms with Gasteiger partial charge in [-0.2, -0.15) is 0 Å². The lowest BCUT2D eigenvalue weighted by atomic mass is 9.81. The zero-order valence-electron chi connectivity index (χ0n) is 16.0. The van der Waals surface area contributed by atoms with Gasteiger partial charge in [-0.1, -0.05) is 0 Å². The lowest BCUT2D eigenvalue weighted by molar-refractivity contribution is -0.145. The molecule has 1 spiro atoms. The number of nitrogens with zero attached hydrogens (tertiary/aromatic N) is 2. The van der Waals surface area contributed by atoms with E-state index in [9.17, 15) is 4.79 Å². The molecule has 7 heteroatoms. The normalized spacial score (nSPS) is 24.2. The number of rotatable bonds is 3. The Hall–Kier alpha value is -1.96. The van der Waals surface area contributed by atoms with Crippen LogP contribution in [0, 0.1) is 0 Å². The van der Waals surface area contributed by atoms with E-state index in [0.29, 0.717) is 6.61 Å². The van der Waals surface area contributed by atoms with E-state index in [4.69, 9.17) is 14.2 Å². The van der Waals surface area contributed by atoms with Crippen molar-refractivity contribution in [3.8, 4) is 16.3 Å². The Bertz CT molecular complexity index is 871. The molecule has 0 saturated carbocycles. The van der Waals surface area contributed by atoms with Crippen molar-refractivity contribution in [1.82, 2.24) is 9.88 Å². The molecule has 0 N–H and O–H groups in total. The fraction of sp³-hybridized carbons (Fsp3) is 0.524. The van der Waals surface area contributed by atoms with Crippen LogP contribution in [0.1, 0.15) is 29.7 Å². The van der Waals surface area contributed by atoms with E-state index in [1.165, 1.54) is 15.3 Å². The Kier molecular flexibility index (Phi) is 4.61. The first-order valence-electron chi connectivity index (χ1n) is 9.87. The van der Waals surface area contributed by atoms with E-state index < -0.39 is 0 Å². The standard InChI is InChI=1S/C21H24N2O4S/c1-25-14-2-3-16(22-13-14)19-12-15-18(28-19)5-11-27-21(15)6-8-23(9-7-21)17-4-10-26-20(17)24/h2-3,12-13,17H,4-11H2,1H3. The largest absolute Gasteiger partial charge is 0.495 e. The maximum absolute atomic E-state index is 11.9.